The van der Waals surface area contributed by atoms with Crippen molar-refractivity contribution >= 4 is 18.9 Å². The van der Waals surface area contributed by atoms with Crippen LogP contribution in [-0.4, -0.2) is 34.1 Å². The third-order valence-electron chi connectivity index (χ3n) is 5.40. The van der Waals surface area contributed by atoms with Gasteiger partial charge in [0.25, 0.3) is 0 Å². The summed E-state index contributed by atoms with van der Waals surface area (Å²) in [5.41, 5.74) is 0. The quantitative estimate of drug-likeness (QED) is 0.162. The summed E-state index contributed by atoms with van der Waals surface area (Å²) in [5, 5.41) is 1.24. The molecule has 32 heavy (non-hydrogen) atoms. The highest BCUT2D eigenvalue weighted by molar-refractivity contribution is 6.92. The molecular formula is C25H34F4O2Si. The Bertz CT molecular complexity index is 705. The Kier molecular flexibility index (Phi) is 11.4. The molecular weight excluding hydrogens is 436 g/mol. The fraction of sp³-hybridized carbons (Fsp3) is 0.520. The minimum Gasteiger partial charge on any atom is -0.388 e. The van der Waals surface area contributed by atoms with Crippen LogP contribution < -0.4 is 10.4 Å². The van der Waals surface area contributed by atoms with Crippen molar-refractivity contribution in [1.82, 2.24) is 0 Å². The number of alkyl halides is 4. The summed E-state index contributed by atoms with van der Waals surface area (Å²) in [7, 11) is -3.60. The molecule has 0 N–H and O–H groups in total. The van der Waals surface area contributed by atoms with Gasteiger partial charge >= 0.3 is 20.9 Å². The molecule has 178 valence electrons. The van der Waals surface area contributed by atoms with Crippen molar-refractivity contribution in [3.63, 3.8) is 0 Å². The molecule has 0 fully saturated rings. The van der Waals surface area contributed by atoms with Crippen LogP contribution in [0, 0.1) is 0 Å². The van der Waals surface area contributed by atoms with Crippen LogP contribution in [0.4, 0.5) is 17.6 Å². The largest absolute Gasteiger partial charge is 0.407 e. The van der Waals surface area contributed by atoms with Crippen LogP contribution in [0.25, 0.3) is 0 Å². The first-order chi connectivity index (χ1) is 15.4. The third-order valence-corrected chi connectivity index (χ3v) is 8.75. The zero-order chi connectivity index (χ0) is 23.3. The molecule has 0 aliphatic heterocycles. The van der Waals surface area contributed by atoms with Crippen molar-refractivity contribution in [3.05, 3.63) is 60.7 Å². The highest BCUT2D eigenvalue weighted by Gasteiger charge is 2.48. The molecule has 2 rings (SSSR count). The molecule has 0 aliphatic carbocycles. The second-order valence-corrected chi connectivity index (χ2v) is 11.0. The first-order valence-corrected chi connectivity index (χ1v) is 13.3. The Labute approximate surface area is 190 Å². The van der Waals surface area contributed by atoms with Gasteiger partial charge in [0.1, 0.15) is 6.61 Å². The molecule has 0 spiro atoms. The monoisotopic (exact) mass is 470 g/mol. The van der Waals surface area contributed by atoms with E-state index in [4.69, 9.17) is 8.85 Å². The van der Waals surface area contributed by atoms with Crippen LogP contribution in [0.3, 0.4) is 0 Å². The van der Waals surface area contributed by atoms with Crippen LogP contribution in [0.1, 0.15) is 58.3 Å². The van der Waals surface area contributed by atoms with E-state index >= 15 is 0 Å². The molecule has 2 nitrogen and oxygen atoms in total. The van der Waals surface area contributed by atoms with Crippen molar-refractivity contribution < 1.29 is 26.4 Å². The van der Waals surface area contributed by atoms with Crippen molar-refractivity contribution in [1.29, 1.82) is 0 Å². The molecule has 0 radical (unpaired) electrons. The summed E-state index contributed by atoms with van der Waals surface area (Å²) in [6.45, 7) is 1.12. The molecule has 0 aliphatic rings. The standard InChI is InChI=1S/C25H34F4O2Si/c1-2-3-4-5-6-7-8-15-20-30-32(22-16-11-9-12-17-22,23-18-13-10-14-19-23)31-21-25(28,29)24(26)27/h9-14,16-19,24H,2-8,15,20-21H2,1H3. The maximum atomic E-state index is 13.8. The lowest BCUT2D eigenvalue weighted by Gasteiger charge is -2.33. The number of halogens is 4. The zero-order valence-electron chi connectivity index (χ0n) is 18.8. The second kappa shape index (κ2) is 13.8. The summed E-state index contributed by atoms with van der Waals surface area (Å²) in [6.07, 6.45) is 5.11. The predicted octanol–water partition coefficient (Wildman–Crippen LogP) is 6.32. The SMILES string of the molecule is CCCCCCCCCCO[Si](OCC(F)(F)C(F)F)(c1ccccc1)c1ccccc1. The first kappa shape index (κ1) is 26.5. The zero-order valence-corrected chi connectivity index (χ0v) is 19.8. The van der Waals surface area contributed by atoms with E-state index in [9.17, 15) is 17.6 Å². The van der Waals surface area contributed by atoms with E-state index in [1.807, 2.05) is 0 Å². The topological polar surface area (TPSA) is 18.5 Å². The smallest absolute Gasteiger partial charge is 0.388 e. The average Bonchev–Trinajstić information content (AvgIpc) is 2.81. The Morgan fingerprint density at radius 3 is 1.66 bits per heavy atom. The van der Waals surface area contributed by atoms with Gasteiger partial charge in [-0.15, -0.1) is 0 Å². The van der Waals surface area contributed by atoms with Crippen molar-refractivity contribution in [2.24, 2.45) is 0 Å². The highest BCUT2D eigenvalue weighted by atomic mass is 28.4. The van der Waals surface area contributed by atoms with Crippen molar-refractivity contribution in [2.75, 3.05) is 13.2 Å². The number of unbranched alkanes of at least 4 members (excludes halogenated alkanes) is 7. The van der Waals surface area contributed by atoms with E-state index in [2.05, 4.69) is 6.92 Å². The van der Waals surface area contributed by atoms with E-state index in [-0.39, 0.29) is 0 Å². The van der Waals surface area contributed by atoms with Crippen molar-refractivity contribution in [3.8, 4) is 0 Å². The Hall–Kier alpha value is -1.70. The van der Waals surface area contributed by atoms with Gasteiger partial charge in [0.2, 0.25) is 0 Å². The van der Waals surface area contributed by atoms with Crippen LogP contribution >= 0.6 is 0 Å². The lowest BCUT2D eigenvalue weighted by atomic mass is 10.1. The predicted molar refractivity (Wildman–Crippen MR) is 123 cm³/mol. The van der Waals surface area contributed by atoms with Gasteiger partial charge in [-0.2, -0.15) is 8.78 Å². The first-order valence-electron chi connectivity index (χ1n) is 11.5. The summed E-state index contributed by atoms with van der Waals surface area (Å²) < 4.78 is 65.3. The molecule has 0 unspecified atom stereocenters. The molecule has 0 amide bonds. The maximum absolute atomic E-state index is 13.8. The van der Waals surface area contributed by atoms with Crippen LogP contribution in [0.5, 0.6) is 0 Å². The van der Waals surface area contributed by atoms with Gasteiger partial charge in [-0.1, -0.05) is 113 Å². The van der Waals surface area contributed by atoms with Crippen molar-refractivity contribution in [2.45, 2.75) is 70.6 Å². The summed E-state index contributed by atoms with van der Waals surface area (Å²) in [4.78, 5) is 0. The molecule has 0 atom stereocenters. The summed E-state index contributed by atoms with van der Waals surface area (Å²) in [5.74, 6) is -4.25. The number of rotatable bonds is 16. The van der Waals surface area contributed by atoms with Gasteiger partial charge in [0.05, 0.1) is 0 Å². The van der Waals surface area contributed by atoms with Gasteiger partial charge in [-0.05, 0) is 16.8 Å². The molecule has 2 aromatic carbocycles. The Morgan fingerprint density at radius 2 is 1.19 bits per heavy atom. The maximum Gasteiger partial charge on any atom is 0.407 e. The Morgan fingerprint density at radius 1 is 0.719 bits per heavy atom. The Balaban J connectivity index is 2.14. The fourth-order valence-corrected chi connectivity index (χ4v) is 6.74. The van der Waals surface area contributed by atoms with E-state index < -0.39 is 27.5 Å². The second-order valence-electron chi connectivity index (χ2n) is 8.02. The minimum atomic E-state index is -4.25. The molecule has 0 aromatic heterocycles. The summed E-state index contributed by atoms with van der Waals surface area (Å²) in [6, 6.07) is 17.7. The summed E-state index contributed by atoms with van der Waals surface area (Å²) >= 11 is 0. The normalized spacial score (nSPS) is 12.4. The fourth-order valence-electron chi connectivity index (χ4n) is 3.57. The van der Waals surface area contributed by atoms with Gasteiger partial charge < -0.3 is 8.85 Å². The molecule has 7 heteroatoms. The van der Waals surface area contributed by atoms with E-state index in [1.54, 1.807) is 60.7 Å². The molecule has 0 heterocycles. The average molecular weight is 471 g/mol. The van der Waals surface area contributed by atoms with Crippen LogP contribution in [-0.2, 0) is 8.85 Å². The van der Waals surface area contributed by atoms with Crippen LogP contribution in [0.2, 0.25) is 0 Å². The van der Waals surface area contributed by atoms with Gasteiger partial charge in [0.15, 0.2) is 0 Å². The number of hydrogen-bond acceptors (Lipinski definition) is 2. The molecule has 0 bridgehead atoms. The highest BCUT2D eigenvalue weighted by Crippen LogP contribution is 2.25. The van der Waals surface area contributed by atoms with Crippen LogP contribution in [0.15, 0.2) is 60.7 Å². The lowest BCUT2D eigenvalue weighted by Crippen LogP contribution is -2.64. The van der Waals surface area contributed by atoms with E-state index in [1.165, 1.54) is 25.7 Å². The minimum absolute atomic E-state index is 0.325. The molecule has 0 saturated heterocycles. The number of hydrogen-bond donors (Lipinski definition) is 0. The lowest BCUT2D eigenvalue weighted by molar-refractivity contribution is -0.151. The molecule has 2 aromatic rings. The number of benzene rings is 2. The van der Waals surface area contributed by atoms with E-state index in [0.29, 0.717) is 17.0 Å². The van der Waals surface area contributed by atoms with E-state index in [0.717, 1.165) is 25.7 Å². The molecule has 0 saturated carbocycles. The van der Waals surface area contributed by atoms with Gasteiger partial charge in [-0.25, -0.2) is 8.78 Å². The van der Waals surface area contributed by atoms with Gasteiger partial charge in [0, 0.05) is 6.61 Å². The van der Waals surface area contributed by atoms with Gasteiger partial charge in [-0.3, -0.25) is 0 Å². The third kappa shape index (κ3) is 8.01.